The third-order valence-electron chi connectivity index (χ3n) is 3.78. The van der Waals surface area contributed by atoms with Crippen LogP contribution in [0.3, 0.4) is 0 Å². The fraction of sp³-hybridized carbons (Fsp3) is 0.118. The summed E-state index contributed by atoms with van der Waals surface area (Å²) in [5.41, 5.74) is 3.59. The van der Waals surface area contributed by atoms with Gasteiger partial charge in [-0.1, -0.05) is 24.3 Å². The number of imidazole rings is 1. The number of fused-ring (bicyclic) bond motifs is 6. The van der Waals surface area contributed by atoms with E-state index in [9.17, 15) is 0 Å². The third-order valence-corrected chi connectivity index (χ3v) is 4.53. The molecule has 2 heterocycles. The van der Waals surface area contributed by atoms with Crippen molar-refractivity contribution in [1.82, 2.24) is 9.38 Å². The number of hydrogen-bond acceptors (Lipinski definition) is 2. The van der Waals surface area contributed by atoms with Crippen molar-refractivity contribution < 1.29 is 0 Å². The summed E-state index contributed by atoms with van der Waals surface area (Å²) in [5.74, 6) is 0. The lowest BCUT2D eigenvalue weighted by atomic mass is 10.0. The molecular formula is C17H14N2S. The van der Waals surface area contributed by atoms with Gasteiger partial charge < -0.3 is 0 Å². The Balaban J connectivity index is 2.41. The monoisotopic (exact) mass is 278 g/mol. The molecule has 0 fully saturated rings. The Kier molecular flexibility index (Phi) is 2.51. The summed E-state index contributed by atoms with van der Waals surface area (Å²) < 4.78 is 2.21. The van der Waals surface area contributed by atoms with Gasteiger partial charge in [-0.2, -0.15) is 0 Å². The maximum atomic E-state index is 4.55. The van der Waals surface area contributed by atoms with E-state index in [-0.39, 0.29) is 0 Å². The van der Waals surface area contributed by atoms with E-state index in [1.807, 2.05) is 6.20 Å². The number of hydrogen-bond donors (Lipinski definition) is 0. The second-order valence-corrected chi connectivity index (χ2v) is 5.88. The van der Waals surface area contributed by atoms with Crippen LogP contribution in [-0.4, -0.2) is 15.6 Å². The molecule has 2 nitrogen and oxygen atoms in total. The Hall–Kier alpha value is -2.00. The SMILES string of the molecule is CSc1cc(C)cc2c3ccccc3c3nccn3c12. The molecule has 0 amide bonds. The number of nitrogens with zero attached hydrogens (tertiary/aromatic N) is 2. The molecule has 0 unspecified atom stereocenters. The number of benzene rings is 2. The van der Waals surface area contributed by atoms with Crippen molar-refractivity contribution in [2.45, 2.75) is 11.8 Å². The smallest absolute Gasteiger partial charge is 0.145 e. The molecule has 0 spiro atoms. The zero-order chi connectivity index (χ0) is 13.7. The van der Waals surface area contributed by atoms with E-state index in [0.29, 0.717) is 0 Å². The van der Waals surface area contributed by atoms with Crippen LogP contribution in [0.25, 0.3) is 27.3 Å². The summed E-state index contributed by atoms with van der Waals surface area (Å²) >= 11 is 1.79. The molecule has 4 rings (SSSR count). The van der Waals surface area contributed by atoms with Gasteiger partial charge in [-0.3, -0.25) is 4.40 Å². The second-order valence-electron chi connectivity index (χ2n) is 5.03. The van der Waals surface area contributed by atoms with Gasteiger partial charge in [0, 0.05) is 28.1 Å². The molecular weight excluding hydrogens is 264 g/mol. The van der Waals surface area contributed by atoms with E-state index in [0.717, 1.165) is 5.65 Å². The summed E-state index contributed by atoms with van der Waals surface area (Å²) in [4.78, 5) is 5.85. The molecule has 0 saturated heterocycles. The molecule has 0 saturated carbocycles. The number of pyridine rings is 1. The Morgan fingerprint density at radius 2 is 1.85 bits per heavy atom. The highest BCUT2D eigenvalue weighted by atomic mass is 32.2. The van der Waals surface area contributed by atoms with Gasteiger partial charge >= 0.3 is 0 Å². The molecule has 0 radical (unpaired) electrons. The average Bonchev–Trinajstić information content (AvgIpc) is 2.96. The lowest BCUT2D eigenvalue weighted by Gasteiger charge is -2.12. The molecule has 0 aliphatic heterocycles. The van der Waals surface area contributed by atoms with Crippen LogP contribution in [0.4, 0.5) is 0 Å². The van der Waals surface area contributed by atoms with Crippen molar-refractivity contribution in [2.75, 3.05) is 6.26 Å². The predicted octanol–water partition coefficient (Wildman–Crippen LogP) is 4.67. The van der Waals surface area contributed by atoms with Crippen molar-refractivity contribution in [2.24, 2.45) is 0 Å². The Morgan fingerprint density at radius 3 is 2.65 bits per heavy atom. The topological polar surface area (TPSA) is 17.3 Å². The zero-order valence-electron chi connectivity index (χ0n) is 11.4. The fourth-order valence-electron chi connectivity index (χ4n) is 2.95. The summed E-state index contributed by atoms with van der Waals surface area (Å²) in [6.07, 6.45) is 6.07. The van der Waals surface area contributed by atoms with Gasteiger partial charge in [0.05, 0.1) is 5.52 Å². The summed E-state index contributed by atoms with van der Waals surface area (Å²) in [6.45, 7) is 2.16. The summed E-state index contributed by atoms with van der Waals surface area (Å²) in [5, 5.41) is 3.79. The van der Waals surface area contributed by atoms with Crippen LogP contribution in [0.15, 0.2) is 53.7 Å². The molecule has 0 aliphatic carbocycles. The average molecular weight is 278 g/mol. The van der Waals surface area contributed by atoms with Gasteiger partial charge in [0.2, 0.25) is 0 Å². The third kappa shape index (κ3) is 1.50. The van der Waals surface area contributed by atoms with Crippen LogP contribution in [0.1, 0.15) is 5.56 Å². The van der Waals surface area contributed by atoms with Crippen LogP contribution in [0.5, 0.6) is 0 Å². The van der Waals surface area contributed by atoms with Gasteiger partial charge in [0.1, 0.15) is 5.65 Å². The number of aryl methyl sites for hydroxylation is 1. The molecule has 98 valence electrons. The van der Waals surface area contributed by atoms with E-state index < -0.39 is 0 Å². The maximum absolute atomic E-state index is 4.55. The lowest BCUT2D eigenvalue weighted by Crippen LogP contribution is -1.93. The largest absolute Gasteiger partial charge is 0.298 e. The maximum Gasteiger partial charge on any atom is 0.145 e. The number of rotatable bonds is 1. The predicted molar refractivity (Wildman–Crippen MR) is 86.7 cm³/mol. The molecule has 0 atom stereocenters. The molecule has 0 N–H and O–H groups in total. The molecule has 20 heavy (non-hydrogen) atoms. The van der Waals surface area contributed by atoms with Crippen molar-refractivity contribution in [1.29, 1.82) is 0 Å². The fourth-order valence-corrected chi connectivity index (χ4v) is 3.66. The van der Waals surface area contributed by atoms with E-state index >= 15 is 0 Å². The van der Waals surface area contributed by atoms with Gasteiger partial charge in [0.15, 0.2) is 0 Å². The minimum Gasteiger partial charge on any atom is -0.298 e. The van der Waals surface area contributed by atoms with Gasteiger partial charge in [-0.15, -0.1) is 11.8 Å². The molecule has 0 aliphatic rings. The zero-order valence-corrected chi connectivity index (χ0v) is 12.2. The number of thioether (sulfide) groups is 1. The van der Waals surface area contributed by atoms with Crippen molar-refractivity contribution in [3.8, 4) is 0 Å². The Labute approximate surface area is 121 Å². The van der Waals surface area contributed by atoms with E-state index in [1.165, 1.54) is 32.1 Å². The van der Waals surface area contributed by atoms with Gasteiger partial charge in [-0.05, 0) is 36.3 Å². The van der Waals surface area contributed by atoms with Crippen LogP contribution in [0.2, 0.25) is 0 Å². The highest BCUT2D eigenvalue weighted by Crippen LogP contribution is 2.34. The number of aromatic nitrogens is 2. The van der Waals surface area contributed by atoms with E-state index in [4.69, 9.17) is 0 Å². The lowest BCUT2D eigenvalue weighted by molar-refractivity contribution is 1.23. The normalized spacial score (nSPS) is 11.7. The summed E-state index contributed by atoms with van der Waals surface area (Å²) in [7, 11) is 0. The van der Waals surface area contributed by atoms with Crippen LogP contribution >= 0.6 is 11.8 Å². The van der Waals surface area contributed by atoms with E-state index in [1.54, 1.807) is 11.8 Å². The second kappa shape index (κ2) is 4.25. The van der Waals surface area contributed by atoms with Crippen LogP contribution in [0, 0.1) is 6.92 Å². The van der Waals surface area contributed by atoms with Gasteiger partial charge in [-0.25, -0.2) is 4.98 Å². The van der Waals surface area contributed by atoms with Gasteiger partial charge in [0.25, 0.3) is 0 Å². The van der Waals surface area contributed by atoms with Crippen molar-refractivity contribution in [3.05, 3.63) is 54.4 Å². The molecule has 3 heteroatoms. The Morgan fingerprint density at radius 1 is 1.05 bits per heavy atom. The summed E-state index contributed by atoms with van der Waals surface area (Å²) in [6, 6.07) is 13.0. The molecule has 0 bridgehead atoms. The Bertz CT molecular complexity index is 953. The highest BCUT2D eigenvalue weighted by molar-refractivity contribution is 7.98. The first-order valence-electron chi connectivity index (χ1n) is 6.61. The minimum atomic E-state index is 1.03. The molecule has 4 aromatic rings. The van der Waals surface area contributed by atoms with Crippen LogP contribution < -0.4 is 0 Å². The standard InChI is InChI=1S/C17H14N2S/c1-11-9-14-12-5-3-4-6-13(12)17-18-7-8-19(17)16(14)15(10-11)20-2/h3-10H,1-2H3. The highest BCUT2D eigenvalue weighted by Gasteiger charge is 2.12. The first-order chi connectivity index (χ1) is 9.79. The minimum absolute atomic E-state index is 1.03. The first kappa shape index (κ1) is 11.8. The molecule has 2 aromatic heterocycles. The van der Waals surface area contributed by atoms with E-state index in [2.05, 4.69) is 65.2 Å². The van der Waals surface area contributed by atoms with Crippen molar-refractivity contribution >= 4 is 39.1 Å². The first-order valence-corrected chi connectivity index (χ1v) is 7.84. The quantitative estimate of drug-likeness (QED) is 0.372. The van der Waals surface area contributed by atoms with Crippen molar-refractivity contribution in [3.63, 3.8) is 0 Å². The van der Waals surface area contributed by atoms with Crippen LogP contribution in [-0.2, 0) is 0 Å². The molecule has 2 aromatic carbocycles.